The maximum atomic E-state index is 12.3. The van der Waals surface area contributed by atoms with E-state index in [0.717, 1.165) is 24.5 Å². The van der Waals surface area contributed by atoms with Crippen LogP contribution in [0.15, 0.2) is 42.5 Å². The van der Waals surface area contributed by atoms with E-state index in [4.69, 9.17) is 27.9 Å². The van der Waals surface area contributed by atoms with Crippen LogP contribution in [0.5, 0.6) is 5.75 Å². The van der Waals surface area contributed by atoms with Crippen molar-refractivity contribution < 1.29 is 9.53 Å². The monoisotopic (exact) mass is 407 g/mol. The second-order valence-corrected chi connectivity index (χ2v) is 7.38. The highest BCUT2D eigenvalue weighted by atomic mass is 35.5. The molecule has 1 amide bonds. The van der Waals surface area contributed by atoms with Crippen molar-refractivity contribution in [3.63, 3.8) is 0 Å². The molecule has 7 heteroatoms. The van der Waals surface area contributed by atoms with Gasteiger partial charge < -0.3 is 15.0 Å². The zero-order valence-electron chi connectivity index (χ0n) is 15.4. The quantitative estimate of drug-likeness (QED) is 0.780. The van der Waals surface area contributed by atoms with Gasteiger partial charge in [0.25, 0.3) is 0 Å². The highest BCUT2D eigenvalue weighted by Crippen LogP contribution is 2.33. The smallest absolute Gasteiger partial charge is 0.238 e. The predicted molar refractivity (Wildman–Crippen MR) is 111 cm³/mol. The molecule has 144 valence electrons. The zero-order valence-corrected chi connectivity index (χ0v) is 16.9. The first kappa shape index (κ1) is 19.8. The number of ether oxygens (including phenoxy) is 1. The number of hydrogen-bond acceptors (Lipinski definition) is 4. The van der Waals surface area contributed by atoms with Gasteiger partial charge in [0.2, 0.25) is 5.91 Å². The summed E-state index contributed by atoms with van der Waals surface area (Å²) >= 11 is 12.1. The average Bonchev–Trinajstić information content (AvgIpc) is 2.64. The third-order valence-electron chi connectivity index (χ3n) is 4.46. The Morgan fingerprint density at radius 2 is 2.04 bits per heavy atom. The van der Waals surface area contributed by atoms with E-state index in [1.165, 1.54) is 0 Å². The molecule has 1 atom stereocenters. The minimum absolute atomic E-state index is 0.00703. The highest BCUT2D eigenvalue weighted by Gasteiger charge is 2.25. The fourth-order valence-electron chi connectivity index (χ4n) is 3.22. The van der Waals surface area contributed by atoms with Gasteiger partial charge in [-0.1, -0.05) is 41.4 Å². The van der Waals surface area contributed by atoms with Crippen LogP contribution in [-0.2, 0) is 4.79 Å². The Balaban J connectivity index is 1.57. The fourth-order valence-corrected chi connectivity index (χ4v) is 3.57. The number of carbonyl (C=O) groups excluding carboxylic acids is 1. The number of nitrogens with zero attached hydrogens (tertiary/aromatic N) is 2. The summed E-state index contributed by atoms with van der Waals surface area (Å²) in [5.41, 5.74) is 1.63. The van der Waals surface area contributed by atoms with Gasteiger partial charge in [-0.25, -0.2) is 0 Å². The molecule has 1 N–H and O–H groups in total. The van der Waals surface area contributed by atoms with Crippen molar-refractivity contribution in [1.29, 1.82) is 0 Å². The normalized spacial score (nSPS) is 16.0. The minimum Gasteiger partial charge on any atom is -0.485 e. The first-order valence-electron chi connectivity index (χ1n) is 8.91. The Hall–Kier alpha value is -1.95. The van der Waals surface area contributed by atoms with Crippen molar-refractivity contribution in [2.45, 2.75) is 13.0 Å². The van der Waals surface area contributed by atoms with Crippen LogP contribution < -0.4 is 15.0 Å². The van der Waals surface area contributed by atoms with Gasteiger partial charge in [-0.2, -0.15) is 0 Å². The van der Waals surface area contributed by atoms with Crippen LogP contribution in [0.4, 0.5) is 11.4 Å². The molecule has 1 heterocycles. The second kappa shape index (κ2) is 8.83. The van der Waals surface area contributed by atoms with Crippen LogP contribution in [0.2, 0.25) is 10.0 Å². The topological polar surface area (TPSA) is 44.8 Å². The van der Waals surface area contributed by atoms with Crippen LogP contribution in [0.3, 0.4) is 0 Å². The Morgan fingerprint density at radius 3 is 2.81 bits per heavy atom. The van der Waals surface area contributed by atoms with Crippen molar-refractivity contribution >= 4 is 40.5 Å². The molecule has 1 aliphatic heterocycles. The van der Waals surface area contributed by atoms with Crippen LogP contribution >= 0.6 is 23.2 Å². The molecule has 1 unspecified atom stereocenters. The first-order chi connectivity index (χ1) is 13.0. The van der Waals surface area contributed by atoms with Crippen LogP contribution in [0.25, 0.3) is 0 Å². The molecule has 3 rings (SSSR count). The van der Waals surface area contributed by atoms with Crippen LogP contribution in [0.1, 0.15) is 6.92 Å². The maximum Gasteiger partial charge on any atom is 0.238 e. The molecule has 0 spiro atoms. The molecule has 1 aliphatic rings. The number of benzene rings is 2. The molecule has 0 fully saturated rings. The number of nitrogens with one attached hydrogen (secondary N) is 1. The van der Waals surface area contributed by atoms with Crippen molar-refractivity contribution in [3.05, 3.63) is 52.5 Å². The molecule has 0 aromatic heterocycles. The molecule has 27 heavy (non-hydrogen) atoms. The van der Waals surface area contributed by atoms with Gasteiger partial charge in [0.1, 0.15) is 11.9 Å². The third-order valence-corrected chi connectivity index (χ3v) is 5.28. The predicted octanol–water partition coefficient (Wildman–Crippen LogP) is 4.15. The summed E-state index contributed by atoms with van der Waals surface area (Å²) < 4.78 is 6.12. The second-order valence-electron chi connectivity index (χ2n) is 6.59. The minimum atomic E-state index is -0.148. The summed E-state index contributed by atoms with van der Waals surface area (Å²) in [7, 11) is 1.90. The Kier molecular flexibility index (Phi) is 6.47. The fraction of sp³-hybridized carbons (Fsp3) is 0.350. The molecule has 2 aromatic carbocycles. The number of likely N-dealkylation sites (N-methyl/N-ethyl adjacent to an activating group) is 2. The van der Waals surface area contributed by atoms with E-state index < -0.39 is 0 Å². The maximum absolute atomic E-state index is 12.3. The Labute approximate surface area is 169 Å². The van der Waals surface area contributed by atoms with Crippen molar-refractivity contribution in [3.8, 4) is 5.75 Å². The van der Waals surface area contributed by atoms with E-state index in [1.54, 1.807) is 18.2 Å². The third kappa shape index (κ3) is 4.86. The summed E-state index contributed by atoms with van der Waals surface area (Å²) in [5, 5.41) is 3.57. The Morgan fingerprint density at radius 1 is 1.26 bits per heavy atom. The van der Waals surface area contributed by atoms with Crippen LogP contribution in [-0.4, -0.2) is 50.1 Å². The molecular formula is C20H23Cl2N3O2. The first-order valence-corrected chi connectivity index (χ1v) is 9.66. The number of fused-ring (bicyclic) bond motifs is 1. The van der Waals surface area contributed by atoms with Crippen LogP contribution in [0, 0.1) is 0 Å². The lowest BCUT2D eigenvalue weighted by Crippen LogP contribution is -2.46. The lowest BCUT2D eigenvalue weighted by atomic mass is 10.2. The van der Waals surface area contributed by atoms with Gasteiger partial charge in [0.05, 0.1) is 34.5 Å². The van der Waals surface area contributed by atoms with E-state index in [-0.39, 0.29) is 18.6 Å². The summed E-state index contributed by atoms with van der Waals surface area (Å²) in [5.74, 6) is 0.740. The number of rotatable bonds is 6. The molecule has 0 bridgehead atoms. The van der Waals surface area contributed by atoms with E-state index in [2.05, 4.69) is 23.2 Å². The summed E-state index contributed by atoms with van der Waals surface area (Å²) in [6, 6.07) is 13.2. The van der Waals surface area contributed by atoms with Gasteiger partial charge in [-0.15, -0.1) is 0 Å². The lowest BCUT2D eigenvalue weighted by molar-refractivity contribution is -0.117. The zero-order chi connectivity index (χ0) is 19.4. The van der Waals surface area contributed by atoms with Gasteiger partial charge in [0.15, 0.2) is 0 Å². The molecule has 2 aromatic rings. The molecule has 0 aliphatic carbocycles. The number of carbonyl (C=O) groups is 1. The van der Waals surface area contributed by atoms with Gasteiger partial charge in [-0.3, -0.25) is 9.69 Å². The number of halogens is 2. The molecule has 0 radical (unpaired) electrons. The average molecular weight is 408 g/mol. The number of amides is 1. The van der Waals surface area contributed by atoms with E-state index in [0.29, 0.717) is 22.3 Å². The SMILES string of the molecule is CCN1CC(CN(C)CC(=O)Nc2cccc(Cl)c2Cl)Oc2ccccc21. The largest absolute Gasteiger partial charge is 0.485 e. The Bertz CT molecular complexity index is 816. The highest BCUT2D eigenvalue weighted by molar-refractivity contribution is 6.44. The number of hydrogen-bond donors (Lipinski definition) is 1. The number of para-hydroxylation sites is 2. The molecule has 5 nitrogen and oxygen atoms in total. The van der Waals surface area contributed by atoms with Gasteiger partial charge in [-0.05, 0) is 38.2 Å². The molecule has 0 saturated carbocycles. The van der Waals surface area contributed by atoms with Gasteiger partial charge >= 0.3 is 0 Å². The van der Waals surface area contributed by atoms with Crippen molar-refractivity contribution in [2.75, 3.05) is 43.4 Å². The standard InChI is InChI=1S/C20H23Cl2N3O2/c1-3-25-12-14(27-18-10-5-4-9-17(18)25)11-24(2)13-19(26)23-16-8-6-7-15(21)20(16)22/h4-10,14H,3,11-13H2,1-2H3,(H,23,26). The van der Waals surface area contributed by atoms with E-state index >= 15 is 0 Å². The number of anilines is 2. The summed E-state index contributed by atoms with van der Waals surface area (Å²) in [6.07, 6.45) is -0.00703. The molecule has 0 saturated heterocycles. The van der Waals surface area contributed by atoms with E-state index in [9.17, 15) is 4.79 Å². The molecular weight excluding hydrogens is 385 g/mol. The lowest BCUT2D eigenvalue weighted by Gasteiger charge is -2.37. The van der Waals surface area contributed by atoms with E-state index in [1.807, 2.05) is 30.1 Å². The van der Waals surface area contributed by atoms with Gasteiger partial charge in [0, 0.05) is 13.1 Å². The van der Waals surface area contributed by atoms with Crippen molar-refractivity contribution in [1.82, 2.24) is 4.90 Å². The summed E-state index contributed by atoms with van der Waals surface area (Å²) in [4.78, 5) is 16.6. The van der Waals surface area contributed by atoms with Crippen molar-refractivity contribution in [2.24, 2.45) is 0 Å². The summed E-state index contributed by atoms with van der Waals surface area (Å²) in [6.45, 7) is 4.71.